The number of carboxylic acids is 1. The second kappa shape index (κ2) is 7.82. The van der Waals surface area contributed by atoms with Crippen LogP contribution in [0.15, 0.2) is 29.2 Å². The van der Waals surface area contributed by atoms with Gasteiger partial charge in [0.15, 0.2) is 0 Å². The van der Waals surface area contributed by atoms with E-state index in [1.807, 2.05) is 42.5 Å². The molecule has 0 aromatic heterocycles. The minimum atomic E-state index is -0.786. The maximum atomic E-state index is 11.8. The van der Waals surface area contributed by atoms with Gasteiger partial charge in [-0.3, -0.25) is 9.69 Å². The molecule has 1 atom stereocenters. The Hall–Kier alpha value is -1.04. The van der Waals surface area contributed by atoms with Gasteiger partial charge in [0.1, 0.15) is 6.04 Å². The molecule has 4 nitrogen and oxygen atoms in total. The van der Waals surface area contributed by atoms with Gasteiger partial charge in [0.2, 0.25) is 0 Å². The van der Waals surface area contributed by atoms with Crippen molar-refractivity contribution in [2.75, 3.05) is 33.1 Å². The first-order chi connectivity index (χ1) is 10.1. The van der Waals surface area contributed by atoms with Crippen molar-refractivity contribution in [3.8, 4) is 0 Å². The van der Waals surface area contributed by atoms with Crippen molar-refractivity contribution >= 4 is 17.7 Å². The number of carbonyl (C=O) groups is 1. The van der Waals surface area contributed by atoms with Gasteiger partial charge < -0.3 is 9.84 Å². The summed E-state index contributed by atoms with van der Waals surface area (Å²) in [7, 11) is 1.91. The van der Waals surface area contributed by atoms with Crippen molar-refractivity contribution < 1.29 is 14.6 Å². The van der Waals surface area contributed by atoms with Gasteiger partial charge >= 0.3 is 5.97 Å². The van der Waals surface area contributed by atoms with Crippen molar-refractivity contribution in [2.24, 2.45) is 5.92 Å². The number of nitrogens with zero attached hydrogens (tertiary/aromatic N) is 1. The number of aliphatic carboxylic acids is 1. The zero-order valence-electron chi connectivity index (χ0n) is 12.6. The molecule has 0 unspecified atom stereocenters. The summed E-state index contributed by atoms with van der Waals surface area (Å²) >= 11 is 1.59. The molecule has 1 aliphatic heterocycles. The smallest absolute Gasteiger partial charge is 0.325 e. The summed E-state index contributed by atoms with van der Waals surface area (Å²) in [6.45, 7) is 2.37. The van der Waals surface area contributed by atoms with Gasteiger partial charge in [-0.05, 0) is 43.7 Å². The summed E-state index contributed by atoms with van der Waals surface area (Å²) in [4.78, 5) is 14.8. The summed E-state index contributed by atoms with van der Waals surface area (Å²) in [6.07, 6.45) is 4.01. The lowest BCUT2D eigenvalue weighted by Crippen LogP contribution is -2.36. The molecule has 5 heteroatoms. The summed E-state index contributed by atoms with van der Waals surface area (Å²) < 4.78 is 5.37. The number of hydrogen-bond acceptors (Lipinski definition) is 4. The van der Waals surface area contributed by atoms with E-state index in [0.717, 1.165) is 43.1 Å². The molecule has 0 radical (unpaired) electrons. The fraction of sp³-hybridized carbons (Fsp3) is 0.562. The first-order valence-corrected chi connectivity index (χ1v) is 8.49. The number of likely N-dealkylation sites (N-methyl/N-ethyl adjacent to an activating group) is 1. The highest BCUT2D eigenvalue weighted by Gasteiger charge is 2.28. The first-order valence-electron chi connectivity index (χ1n) is 7.27. The molecule has 116 valence electrons. The van der Waals surface area contributed by atoms with Gasteiger partial charge in [0, 0.05) is 24.7 Å². The molecule has 0 bridgehead atoms. The molecule has 2 rings (SSSR count). The topological polar surface area (TPSA) is 49.8 Å². The predicted molar refractivity (Wildman–Crippen MR) is 84.8 cm³/mol. The molecule has 21 heavy (non-hydrogen) atoms. The van der Waals surface area contributed by atoms with Crippen molar-refractivity contribution in [1.29, 1.82) is 0 Å². The number of rotatable bonds is 6. The average Bonchev–Trinajstić information content (AvgIpc) is 2.48. The molecule has 0 amide bonds. The number of ether oxygens (including phenoxy) is 1. The van der Waals surface area contributed by atoms with E-state index in [2.05, 4.69) is 0 Å². The van der Waals surface area contributed by atoms with Gasteiger partial charge in [-0.25, -0.2) is 0 Å². The van der Waals surface area contributed by atoms with E-state index in [1.54, 1.807) is 11.8 Å². The molecule has 1 fully saturated rings. The number of hydrogen-bond donors (Lipinski definition) is 1. The number of thioether (sulfide) groups is 1. The fourth-order valence-corrected chi connectivity index (χ4v) is 3.52. The lowest BCUT2D eigenvalue weighted by molar-refractivity contribution is -0.143. The largest absolute Gasteiger partial charge is 0.480 e. The lowest BCUT2D eigenvalue weighted by Gasteiger charge is -2.31. The van der Waals surface area contributed by atoms with Crippen LogP contribution in [0.5, 0.6) is 0 Å². The maximum absolute atomic E-state index is 11.8. The molecular weight excluding hydrogens is 286 g/mol. The van der Waals surface area contributed by atoms with Crippen LogP contribution in [0.1, 0.15) is 24.4 Å². The van der Waals surface area contributed by atoms with Gasteiger partial charge in [-0.15, -0.1) is 11.8 Å². The maximum Gasteiger partial charge on any atom is 0.325 e. The normalized spacial score (nSPS) is 17.9. The van der Waals surface area contributed by atoms with Crippen molar-refractivity contribution in [3.63, 3.8) is 0 Å². The van der Waals surface area contributed by atoms with Crippen molar-refractivity contribution in [2.45, 2.75) is 23.8 Å². The third kappa shape index (κ3) is 4.22. The van der Waals surface area contributed by atoms with Crippen LogP contribution in [0.25, 0.3) is 0 Å². The van der Waals surface area contributed by atoms with E-state index < -0.39 is 12.0 Å². The van der Waals surface area contributed by atoms with Crippen LogP contribution in [0.3, 0.4) is 0 Å². The summed E-state index contributed by atoms with van der Waals surface area (Å²) in [5, 5.41) is 9.67. The predicted octanol–water partition coefficient (Wildman–Crippen LogP) is 2.89. The van der Waals surface area contributed by atoms with E-state index in [0.29, 0.717) is 5.92 Å². The minimum Gasteiger partial charge on any atom is -0.480 e. The fourth-order valence-electron chi connectivity index (χ4n) is 2.89. The van der Waals surface area contributed by atoms with Crippen LogP contribution in [0.2, 0.25) is 0 Å². The Kier molecular flexibility index (Phi) is 6.08. The van der Waals surface area contributed by atoms with E-state index in [1.165, 1.54) is 0 Å². The van der Waals surface area contributed by atoms with Crippen LogP contribution in [-0.4, -0.2) is 49.0 Å². The monoisotopic (exact) mass is 309 g/mol. The molecule has 1 saturated heterocycles. The Balaban J connectivity index is 2.15. The SMILES string of the molecule is CSc1ccccc1[C@@H](C(=O)O)N(C)CC1CCOCC1. The highest BCUT2D eigenvalue weighted by atomic mass is 32.2. The van der Waals surface area contributed by atoms with E-state index in [-0.39, 0.29) is 0 Å². The molecule has 0 saturated carbocycles. The van der Waals surface area contributed by atoms with Crippen molar-refractivity contribution in [1.82, 2.24) is 4.90 Å². The van der Waals surface area contributed by atoms with Crippen LogP contribution < -0.4 is 0 Å². The van der Waals surface area contributed by atoms with Gasteiger partial charge in [0.05, 0.1) is 0 Å². The molecule has 0 aliphatic carbocycles. The Morgan fingerprint density at radius 2 is 2.10 bits per heavy atom. The average molecular weight is 309 g/mol. The molecular formula is C16H23NO3S. The highest BCUT2D eigenvalue weighted by molar-refractivity contribution is 7.98. The van der Waals surface area contributed by atoms with Crippen LogP contribution in [-0.2, 0) is 9.53 Å². The number of carboxylic acid groups (broad SMARTS) is 1. The first kappa shape index (κ1) is 16.3. The van der Waals surface area contributed by atoms with E-state index >= 15 is 0 Å². The van der Waals surface area contributed by atoms with Gasteiger partial charge in [-0.1, -0.05) is 18.2 Å². The Bertz CT molecular complexity index is 474. The van der Waals surface area contributed by atoms with Crippen LogP contribution in [0, 0.1) is 5.92 Å². The minimum absolute atomic E-state index is 0.520. The Morgan fingerprint density at radius 3 is 2.71 bits per heavy atom. The van der Waals surface area contributed by atoms with Crippen molar-refractivity contribution in [3.05, 3.63) is 29.8 Å². The molecule has 1 N–H and O–H groups in total. The van der Waals surface area contributed by atoms with E-state index in [9.17, 15) is 9.90 Å². The zero-order valence-corrected chi connectivity index (χ0v) is 13.4. The van der Waals surface area contributed by atoms with Crippen LogP contribution >= 0.6 is 11.8 Å². The molecule has 1 aromatic carbocycles. The molecule has 1 heterocycles. The standard InChI is InChI=1S/C16H23NO3S/c1-17(11-12-7-9-20-10-8-12)15(16(18)19)13-5-3-4-6-14(13)21-2/h3-6,12,15H,7-11H2,1-2H3,(H,18,19)/t15-/m0/s1. The summed E-state index contributed by atoms with van der Waals surface area (Å²) in [5.41, 5.74) is 0.882. The Labute approximate surface area is 130 Å². The Morgan fingerprint density at radius 1 is 1.43 bits per heavy atom. The van der Waals surface area contributed by atoms with E-state index in [4.69, 9.17) is 4.74 Å². The lowest BCUT2D eigenvalue weighted by atomic mass is 9.98. The molecule has 1 aromatic rings. The third-order valence-corrected chi connectivity index (χ3v) is 4.81. The summed E-state index contributed by atoms with van der Waals surface area (Å²) in [6, 6.07) is 7.18. The second-order valence-corrected chi connectivity index (χ2v) is 6.33. The second-order valence-electron chi connectivity index (χ2n) is 5.48. The highest BCUT2D eigenvalue weighted by Crippen LogP contribution is 2.30. The molecule has 0 spiro atoms. The number of benzene rings is 1. The summed E-state index contributed by atoms with van der Waals surface area (Å²) in [5.74, 6) is -0.266. The van der Waals surface area contributed by atoms with Gasteiger partial charge in [-0.2, -0.15) is 0 Å². The van der Waals surface area contributed by atoms with Gasteiger partial charge in [0.25, 0.3) is 0 Å². The molecule has 1 aliphatic rings. The quantitative estimate of drug-likeness (QED) is 0.819. The van der Waals surface area contributed by atoms with Crippen LogP contribution in [0.4, 0.5) is 0 Å². The third-order valence-electron chi connectivity index (χ3n) is 4.00. The zero-order chi connectivity index (χ0) is 15.2.